The van der Waals surface area contributed by atoms with Gasteiger partial charge >= 0.3 is 0 Å². The number of aryl methyl sites for hydroxylation is 1. The Morgan fingerprint density at radius 3 is 2.07 bits per heavy atom. The zero-order valence-corrected chi connectivity index (χ0v) is 15.6. The molecule has 0 aliphatic rings. The van der Waals surface area contributed by atoms with Crippen LogP contribution in [0.2, 0.25) is 0 Å². The molecule has 5 heteroatoms. The van der Waals surface area contributed by atoms with Gasteiger partial charge in [0.1, 0.15) is 5.75 Å². The van der Waals surface area contributed by atoms with Gasteiger partial charge in [-0.25, -0.2) is 0 Å². The first-order valence-corrected chi connectivity index (χ1v) is 9.12. The van der Waals surface area contributed by atoms with Crippen LogP contribution in [0.5, 0.6) is 5.75 Å². The molecule has 0 spiro atoms. The second kappa shape index (κ2) is 9.37. The molecular formula is C23H22N2O3. The van der Waals surface area contributed by atoms with Crippen molar-refractivity contribution in [3.05, 3.63) is 90.0 Å². The van der Waals surface area contributed by atoms with Crippen molar-refractivity contribution in [1.82, 2.24) is 10.9 Å². The van der Waals surface area contributed by atoms with Crippen molar-refractivity contribution in [2.24, 2.45) is 0 Å². The molecule has 0 heterocycles. The molecular weight excluding hydrogens is 352 g/mol. The first-order valence-electron chi connectivity index (χ1n) is 9.12. The number of carbonyl (C=O) groups is 2. The van der Waals surface area contributed by atoms with Crippen LogP contribution in [0.4, 0.5) is 0 Å². The quantitative estimate of drug-likeness (QED) is 0.646. The van der Waals surface area contributed by atoms with Crippen LogP contribution in [0.15, 0.2) is 78.9 Å². The first-order chi connectivity index (χ1) is 13.7. The van der Waals surface area contributed by atoms with Gasteiger partial charge in [-0.1, -0.05) is 61.5 Å². The van der Waals surface area contributed by atoms with Gasteiger partial charge in [-0.15, -0.1) is 0 Å². The van der Waals surface area contributed by atoms with E-state index in [1.807, 2.05) is 66.7 Å². The Morgan fingerprint density at radius 1 is 0.786 bits per heavy atom. The fourth-order valence-corrected chi connectivity index (χ4v) is 2.65. The number of amides is 2. The summed E-state index contributed by atoms with van der Waals surface area (Å²) in [5.74, 6) is -0.218. The van der Waals surface area contributed by atoms with Crippen molar-refractivity contribution in [2.45, 2.75) is 13.3 Å². The topological polar surface area (TPSA) is 67.4 Å². The summed E-state index contributed by atoms with van der Waals surface area (Å²) in [7, 11) is 0. The van der Waals surface area contributed by atoms with Crippen LogP contribution >= 0.6 is 0 Å². The second-order valence-electron chi connectivity index (χ2n) is 6.23. The van der Waals surface area contributed by atoms with E-state index in [1.54, 1.807) is 12.1 Å². The van der Waals surface area contributed by atoms with Crippen molar-refractivity contribution >= 4 is 11.8 Å². The Bertz CT molecular complexity index is 920. The fraction of sp³-hybridized carbons (Fsp3) is 0.130. The third kappa shape index (κ3) is 5.20. The summed E-state index contributed by atoms with van der Waals surface area (Å²) in [5, 5.41) is 0. The second-order valence-corrected chi connectivity index (χ2v) is 6.23. The number of hydrogen-bond donors (Lipinski definition) is 2. The van der Waals surface area contributed by atoms with Gasteiger partial charge in [-0.3, -0.25) is 20.4 Å². The van der Waals surface area contributed by atoms with E-state index in [1.165, 1.54) is 5.56 Å². The van der Waals surface area contributed by atoms with E-state index in [0.29, 0.717) is 11.3 Å². The number of ether oxygens (including phenoxy) is 1. The smallest absolute Gasteiger partial charge is 0.276 e. The molecule has 0 bridgehead atoms. The largest absolute Gasteiger partial charge is 0.484 e. The minimum atomic E-state index is -0.436. The van der Waals surface area contributed by atoms with Gasteiger partial charge in [0.2, 0.25) is 0 Å². The maximum absolute atomic E-state index is 12.2. The zero-order chi connectivity index (χ0) is 19.8. The highest BCUT2D eigenvalue weighted by Gasteiger charge is 2.08. The summed E-state index contributed by atoms with van der Waals surface area (Å²) >= 11 is 0. The molecule has 0 atom stereocenters. The van der Waals surface area contributed by atoms with Gasteiger partial charge < -0.3 is 4.74 Å². The maximum Gasteiger partial charge on any atom is 0.276 e. The van der Waals surface area contributed by atoms with E-state index in [4.69, 9.17) is 4.74 Å². The Morgan fingerprint density at radius 2 is 1.43 bits per heavy atom. The average molecular weight is 374 g/mol. The summed E-state index contributed by atoms with van der Waals surface area (Å²) in [6, 6.07) is 24.6. The van der Waals surface area contributed by atoms with Crippen LogP contribution < -0.4 is 15.6 Å². The van der Waals surface area contributed by atoms with Crippen molar-refractivity contribution in [3.8, 4) is 16.9 Å². The van der Waals surface area contributed by atoms with E-state index in [-0.39, 0.29) is 12.5 Å². The van der Waals surface area contributed by atoms with Crippen LogP contribution in [0.1, 0.15) is 22.8 Å². The van der Waals surface area contributed by atoms with Crippen LogP contribution in [0, 0.1) is 0 Å². The van der Waals surface area contributed by atoms with E-state index in [0.717, 1.165) is 17.5 Å². The number of hydrazine groups is 1. The van der Waals surface area contributed by atoms with E-state index < -0.39 is 5.91 Å². The summed E-state index contributed by atoms with van der Waals surface area (Å²) in [4.78, 5) is 24.0. The molecule has 0 aromatic heterocycles. The number of hydrogen-bond acceptors (Lipinski definition) is 3. The standard InChI is InChI=1S/C23H22N2O3/c1-2-17-8-14-21(15-9-17)28-16-22(26)24-25-23(27)20-12-10-19(11-13-20)18-6-4-3-5-7-18/h3-15H,2,16H2,1H3,(H,24,26)(H,25,27). The Hall–Kier alpha value is -3.60. The fourth-order valence-electron chi connectivity index (χ4n) is 2.65. The number of rotatable bonds is 6. The van der Waals surface area contributed by atoms with Gasteiger partial charge in [0.15, 0.2) is 6.61 Å². The summed E-state index contributed by atoms with van der Waals surface area (Å²) in [5.41, 5.74) is 8.49. The number of benzene rings is 3. The Balaban J connectivity index is 1.47. The molecule has 0 aliphatic heterocycles. The Labute approximate surface area is 164 Å². The van der Waals surface area contributed by atoms with Gasteiger partial charge in [0.05, 0.1) is 0 Å². The van der Waals surface area contributed by atoms with Crippen LogP contribution in [-0.2, 0) is 11.2 Å². The van der Waals surface area contributed by atoms with Crippen molar-refractivity contribution in [2.75, 3.05) is 6.61 Å². The molecule has 5 nitrogen and oxygen atoms in total. The van der Waals surface area contributed by atoms with E-state index in [2.05, 4.69) is 17.8 Å². The van der Waals surface area contributed by atoms with Crippen LogP contribution in [-0.4, -0.2) is 18.4 Å². The summed E-state index contributed by atoms with van der Waals surface area (Å²) < 4.78 is 5.41. The predicted molar refractivity (Wildman–Crippen MR) is 109 cm³/mol. The monoisotopic (exact) mass is 374 g/mol. The molecule has 142 valence electrons. The van der Waals surface area contributed by atoms with Crippen molar-refractivity contribution in [3.63, 3.8) is 0 Å². The zero-order valence-electron chi connectivity index (χ0n) is 15.6. The molecule has 3 rings (SSSR count). The molecule has 0 fully saturated rings. The molecule has 3 aromatic rings. The third-order valence-corrected chi connectivity index (χ3v) is 4.27. The maximum atomic E-state index is 12.2. The molecule has 0 saturated carbocycles. The van der Waals surface area contributed by atoms with Crippen molar-refractivity contribution < 1.29 is 14.3 Å². The lowest BCUT2D eigenvalue weighted by atomic mass is 10.0. The van der Waals surface area contributed by atoms with E-state index in [9.17, 15) is 9.59 Å². The van der Waals surface area contributed by atoms with E-state index >= 15 is 0 Å². The van der Waals surface area contributed by atoms with Gasteiger partial charge in [-0.2, -0.15) is 0 Å². The lowest BCUT2D eigenvalue weighted by Gasteiger charge is -2.09. The van der Waals surface area contributed by atoms with Gasteiger partial charge in [-0.05, 0) is 47.4 Å². The highest BCUT2D eigenvalue weighted by molar-refractivity contribution is 5.95. The van der Waals surface area contributed by atoms with Crippen molar-refractivity contribution in [1.29, 1.82) is 0 Å². The molecule has 0 unspecified atom stereocenters. The molecule has 0 aliphatic carbocycles. The number of nitrogens with one attached hydrogen (secondary N) is 2. The summed E-state index contributed by atoms with van der Waals surface area (Å²) in [6.45, 7) is 1.89. The molecule has 2 amide bonds. The third-order valence-electron chi connectivity index (χ3n) is 4.27. The molecule has 2 N–H and O–H groups in total. The summed E-state index contributed by atoms with van der Waals surface area (Å²) in [6.07, 6.45) is 0.944. The average Bonchev–Trinajstić information content (AvgIpc) is 2.77. The molecule has 0 radical (unpaired) electrons. The minimum Gasteiger partial charge on any atom is -0.484 e. The molecule has 3 aromatic carbocycles. The Kier molecular flexibility index (Phi) is 6.41. The lowest BCUT2D eigenvalue weighted by molar-refractivity contribution is -0.123. The molecule has 0 saturated heterocycles. The van der Waals surface area contributed by atoms with Gasteiger partial charge in [0.25, 0.3) is 11.8 Å². The first kappa shape index (κ1) is 19.2. The van der Waals surface area contributed by atoms with Crippen LogP contribution in [0.25, 0.3) is 11.1 Å². The predicted octanol–water partition coefficient (Wildman–Crippen LogP) is 3.76. The highest BCUT2D eigenvalue weighted by Crippen LogP contribution is 2.19. The minimum absolute atomic E-state index is 0.182. The number of carbonyl (C=O) groups excluding carboxylic acids is 2. The lowest BCUT2D eigenvalue weighted by Crippen LogP contribution is -2.43. The molecule has 28 heavy (non-hydrogen) atoms. The highest BCUT2D eigenvalue weighted by atomic mass is 16.5. The van der Waals surface area contributed by atoms with Crippen LogP contribution in [0.3, 0.4) is 0 Å². The SMILES string of the molecule is CCc1ccc(OCC(=O)NNC(=O)c2ccc(-c3ccccc3)cc2)cc1. The normalized spacial score (nSPS) is 10.2. The van der Waals surface area contributed by atoms with Gasteiger partial charge in [0, 0.05) is 5.56 Å².